The van der Waals surface area contributed by atoms with Gasteiger partial charge >= 0.3 is 0 Å². The quantitative estimate of drug-likeness (QED) is 0.587. The zero-order valence-corrected chi connectivity index (χ0v) is 11.3. The van der Waals surface area contributed by atoms with Gasteiger partial charge in [0.2, 0.25) is 5.95 Å². The van der Waals surface area contributed by atoms with Crippen LogP contribution < -0.4 is 16.4 Å². The van der Waals surface area contributed by atoms with Gasteiger partial charge in [0.05, 0.1) is 5.60 Å². The highest BCUT2D eigenvalue weighted by molar-refractivity contribution is 5.51. The number of anilines is 3. The molecule has 0 aliphatic heterocycles. The van der Waals surface area contributed by atoms with Crippen LogP contribution in [-0.4, -0.2) is 33.8 Å². The van der Waals surface area contributed by atoms with Crippen LogP contribution in [0.4, 0.5) is 17.6 Å². The summed E-state index contributed by atoms with van der Waals surface area (Å²) in [6, 6.07) is 1.79. The first kappa shape index (κ1) is 14.5. The van der Waals surface area contributed by atoms with Gasteiger partial charge < -0.3 is 21.5 Å². The van der Waals surface area contributed by atoms with E-state index in [9.17, 15) is 5.11 Å². The Balaban J connectivity index is 2.68. The molecule has 0 bridgehead atoms. The molecule has 18 heavy (non-hydrogen) atoms. The van der Waals surface area contributed by atoms with Crippen molar-refractivity contribution in [2.75, 3.05) is 29.5 Å². The fraction of sp³-hybridized carbons (Fsp3) is 0.667. The first-order chi connectivity index (χ1) is 8.46. The van der Waals surface area contributed by atoms with E-state index in [-0.39, 0.29) is 5.95 Å². The number of hydrogen-bond donors (Lipinski definition) is 4. The van der Waals surface area contributed by atoms with Crippen LogP contribution in [0, 0.1) is 0 Å². The van der Waals surface area contributed by atoms with Crippen molar-refractivity contribution in [3.8, 4) is 0 Å². The lowest BCUT2D eigenvalue weighted by Crippen LogP contribution is -2.32. The molecule has 1 rings (SSSR count). The molecule has 1 atom stereocenters. The topological polar surface area (TPSA) is 96.1 Å². The monoisotopic (exact) mass is 253 g/mol. The van der Waals surface area contributed by atoms with Gasteiger partial charge in [-0.1, -0.05) is 13.8 Å². The number of nitrogens with one attached hydrogen (secondary N) is 2. The molecule has 0 saturated carbocycles. The molecule has 0 radical (unpaired) electrons. The van der Waals surface area contributed by atoms with E-state index in [2.05, 4.69) is 27.5 Å². The normalized spacial score (nSPS) is 14.0. The van der Waals surface area contributed by atoms with Crippen LogP contribution in [0.15, 0.2) is 6.07 Å². The summed E-state index contributed by atoms with van der Waals surface area (Å²) < 4.78 is 0. The van der Waals surface area contributed by atoms with Crippen molar-refractivity contribution in [1.29, 1.82) is 0 Å². The third-order valence-electron chi connectivity index (χ3n) is 2.71. The highest BCUT2D eigenvalue weighted by Crippen LogP contribution is 2.15. The SMILES string of the molecule is CCCNc1cc(NCC(C)(O)CC)nc(N)n1. The van der Waals surface area contributed by atoms with Gasteiger partial charge in [0, 0.05) is 19.2 Å². The van der Waals surface area contributed by atoms with Crippen LogP contribution >= 0.6 is 0 Å². The minimum Gasteiger partial charge on any atom is -0.388 e. The number of aliphatic hydroxyl groups is 1. The molecule has 5 N–H and O–H groups in total. The maximum Gasteiger partial charge on any atom is 0.223 e. The molecule has 1 unspecified atom stereocenters. The summed E-state index contributed by atoms with van der Waals surface area (Å²) in [7, 11) is 0. The van der Waals surface area contributed by atoms with Gasteiger partial charge in [-0.25, -0.2) is 0 Å². The minimum atomic E-state index is -0.753. The van der Waals surface area contributed by atoms with Crippen molar-refractivity contribution in [2.45, 2.75) is 39.2 Å². The molecule has 0 aliphatic rings. The average molecular weight is 253 g/mol. The minimum absolute atomic E-state index is 0.217. The highest BCUT2D eigenvalue weighted by atomic mass is 16.3. The van der Waals surface area contributed by atoms with Crippen molar-refractivity contribution < 1.29 is 5.11 Å². The fourth-order valence-electron chi connectivity index (χ4n) is 1.31. The van der Waals surface area contributed by atoms with Gasteiger partial charge in [0.1, 0.15) is 11.6 Å². The van der Waals surface area contributed by atoms with Crippen LogP contribution in [0.2, 0.25) is 0 Å². The van der Waals surface area contributed by atoms with Gasteiger partial charge in [-0.15, -0.1) is 0 Å². The second kappa shape index (κ2) is 6.39. The molecule has 102 valence electrons. The molecule has 0 amide bonds. The number of aromatic nitrogens is 2. The summed E-state index contributed by atoms with van der Waals surface area (Å²) in [6.45, 7) is 7.05. The summed E-state index contributed by atoms with van der Waals surface area (Å²) in [6.07, 6.45) is 1.68. The molecule has 6 nitrogen and oxygen atoms in total. The van der Waals surface area contributed by atoms with E-state index in [0.717, 1.165) is 13.0 Å². The second-order valence-electron chi connectivity index (χ2n) is 4.63. The largest absolute Gasteiger partial charge is 0.388 e. The third-order valence-corrected chi connectivity index (χ3v) is 2.71. The molecule has 0 fully saturated rings. The maximum atomic E-state index is 9.91. The smallest absolute Gasteiger partial charge is 0.223 e. The Hall–Kier alpha value is -1.56. The Kier molecular flexibility index (Phi) is 5.15. The number of nitrogen functional groups attached to an aromatic ring is 1. The van der Waals surface area contributed by atoms with Gasteiger partial charge in [0.15, 0.2) is 0 Å². The Morgan fingerprint density at radius 2 is 1.89 bits per heavy atom. The van der Waals surface area contributed by atoms with Gasteiger partial charge in [-0.2, -0.15) is 9.97 Å². The Morgan fingerprint density at radius 1 is 1.28 bits per heavy atom. The van der Waals surface area contributed by atoms with Crippen LogP contribution in [-0.2, 0) is 0 Å². The van der Waals surface area contributed by atoms with E-state index in [0.29, 0.717) is 24.6 Å². The predicted molar refractivity (Wildman–Crippen MR) is 74.6 cm³/mol. The number of hydrogen-bond acceptors (Lipinski definition) is 6. The fourth-order valence-corrected chi connectivity index (χ4v) is 1.31. The Morgan fingerprint density at radius 3 is 2.44 bits per heavy atom. The standard InChI is InChI=1S/C12H23N5O/c1-4-6-14-9-7-10(17-11(13)16-9)15-8-12(3,18)5-2/h7,18H,4-6,8H2,1-3H3,(H4,13,14,15,16,17). The van der Waals surface area contributed by atoms with Crippen molar-refractivity contribution in [3.63, 3.8) is 0 Å². The van der Waals surface area contributed by atoms with E-state index in [1.54, 1.807) is 13.0 Å². The van der Waals surface area contributed by atoms with Gasteiger partial charge in [-0.05, 0) is 19.8 Å². The van der Waals surface area contributed by atoms with E-state index >= 15 is 0 Å². The van der Waals surface area contributed by atoms with E-state index in [4.69, 9.17) is 5.73 Å². The zero-order valence-electron chi connectivity index (χ0n) is 11.3. The molecular formula is C12H23N5O. The first-order valence-corrected chi connectivity index (χ1v) is 6.31. The molecule has 0 aromatic carbocycles. The molecule has 0 saturated heterocycles. The van der Waals surface area contributed by atoms with Crippen molar-refractivity contribution in [3.05, 3.63) is 6.07 Å². The molecule has 0 spiro atoms. The molecule has 1 aromatic heterocycles. The summed E-state index contributed by atoms with van der Waals surface area (Å²) in [5, 5.41) is 16.1. The summed E-state index contributed by atoms with van der Waals surface area (Å²) in [4.78, 5) is 8.17. The third kappa shape index (κ3) is 4.75. The lowest BCUT2D eigenvalue weighted by atomic mass is 10.0. The summed E-state index contributed by atoms with van der Waals surface area (Å²) in [5.41, 5.74) is 4.89. The average Bonchev–Trinajstić information content (AvgIpc) is 2.33. The molecule has 1 heterocycles. The Bertz CT molecular complexity index is 381. The summed E-state index contributed by atoms with van der Waals surface area (Å²) >= 11 is 0. The van der Waals surface area contributed by atoms with Gasteiger partial charge in [0.25, 0.3) is 0 Å². The molecule has 0 aliphatic carbocycles. The summed E-state index contributed by atoms with van der Waals surface area (Å²) in [5.74, 6) is 1.53. The van der Waals surface area contributed by atoms with Crippen LogP contribution in [0.1, 0.15) is 33.6 Å². The number of rotatable bonds is 7. The van der Waals surface area contributed by atoms with Crippen LogP contribution in [0.25, 0.3) is 0 Å². The predicted octanol–water partition coefficient (Wildman–Crippen LogP) is 1.45. The van der Waals surface area contributed by atoms with E-state index < -0.39 is 5.60 Å². The van der Waals surface area contributed by atoms with E-state index in [1.807, 2.05) is 6.92 Å². The van der Waals surface area contributed by atoms with Crippen molar-refractivity contribution in [1.82, 2.24) is 9.97 Å². The highest BCUT2D eigenvalue weighted by Gasteiger charge is 2.17. The maximum absolute atomic E-state index is 9.91. The zero-order chi connectivity index (χ0) is 13.6. The Labute approximate surface area is 108 Å². The molecular weight excluding hydrogens is 230 g/mol. The van der Waals surface area contributed by atoms with Gasteiger partial charge in [-0.3, -0.25) is 0 Å². The lowest BCUT2D eigenvalue weighted by Gasteiger charge is -2.22. The van der Waals surface area contributed by atoms with Crippen LogP contribution in [0.5, 0.6) is 0 Å². The van der Waals surface area contributed by atoms with Crippen molar-refractivity contribution >= 4 is 17.6 Å². The van der Waals surface area contributed by atoms with Crippen LogP contribution in [0.3, 0.4) is 0 Å². The van der Waals surface area contributed by atoms with Crippen molar-refractivity contribution in [2.24, 2.45) is 0 Å². The first-order valence-electron chi connectivity index (χ1n) is 6.31. The number of nitrogens with zero attached hydrogens (tertiary/aromatic N) is 2. The molecule has 1 aromatic rings. The molecule has 6 heteroatoms. The van der Waals surface area contributed by atoms with E-state index in [1.165, 1.54) is 0 Å². The second-order valence-corrected chi connectivity index (χ2v) is 4.63. The number of nitrogens with two attached hydrogens (primary N) is 1. The lowest BCUT2D eigenvalue weighted by molar-refractivity contribution is 0.0696.